The maximum atomic E-state index is 12.2. The number of benzene rings is 1. The van der Waals surface area contributed by atoms with Crippen molar-refractivity contribution in [3.63, 3.8) is 0 Å². The molecular weight excluding hydrogens is 358 g/mol. The number of amides is 3. The lowest BCUT2D eigenvalue weighted by atomic mass is 10.2. The van der Waals surface area contributed by atoms with Crippen LogP contribution in [0.2, 0.25) is 0 Å². The van der Waals surface area contributed by atoms with E-state index in [4.69, 9.17) is 0 Å². The molecule has 0 unspecified atom stereocenters. The monoisotopic (exact) mass is 383 g/mol. The summed E-state index contributed by atoms with van der Waals surface area (Å²) in [4.78, 5) is 41.7. The average molecular weight is 383 g/mol. The molecule has 1 aliphatic rings. The van der Waals surface area contributed by atoms with Crippen molar-refractivity contribution in [3.05, 3.63) is 48.0 Å². The molecule has 1 aromatic carbocycles. The number of hydrogen-bond donors (Lipinski definition) is 2. The molecular formula is C20H25N5O3. The molecule has 8 heteroatoms. The Bertz CT molecular complexity index is 844. The second-order valence-corrected chi connectivity index (χ2v) is 6.75. The first-order chi connectivity index (χ1) is 13.5. The number of nitrogens with zero attached hydrogens (tertiary/aromatic N) is 3. The van der Waals surface area contributed by atoms with Gasteiger partial charge in [0, 0.05) is 49.7 Å². The van der Waals surface area contributed by atoms with Gasteiger partial charge in [-0.15, -0.1) is 0 Å². The van der Waals surface area contributed by atoms with Gasteiger partial charge in [0.25, 0.3) is 5.91 Å². The predicted octanol–water partition coefficient (Wildman–Crippen LogP) is 1.25. The molecule has 0 radical (unpaired) electrons. The molecule has 1 saturated heterocycles. The Morgan fingerprint density at radius 1 is 1.18 bits per heavy atom. The second-order valence-electron chi connectivity index (χ2n) is 6.75. The molecule has 2 aromatic rings. The van der Waals surface area contributed by atoms with E-state index >= 15 is 0 Å². The normalized spacial score (nSPS) is 13.6. The van der Waals surface area contributed by atoms with E-state index in [0.29, 0.717) is 25.1 Å². The van der Waals surface area contributed by atoms with Crippen LogP contribution in [-0.4, -0.2) is 46.9 Å². The van der Waals surface area contributed by atoms with Crippen LogP contribution in [0, 0.1) is 6.92 Å². The zero-order chi connectivity index (χ0) is 19.9. The van der Waals surface area contributed by atoms with E-state index in [0.717, 1.165) is 30.9 Å². The highest BCUT2D eigenvalue weighted by molar-refractivity contribution is 5.98. The van der Waals surface area contributed by atoms with Crippen molar-refractivity contribution in [2.75, 3.05) is 24.5 Å². The number of hydrogen-bond acceptors (Lipinski definition) is 4. The van der Waals surface area contributed by atoms with E-state index in [1.165, 1.54) is 0 Å². The van der Waals surface area contributed by atoms with Gasteiger partial charge in [0.15, 0.2) is 0 Å². The van der Waals surface area contributed by atoms with Crippen LogP contribution >= 0.6 is 0 Å². The van der Waals surface area contributed by atoms with E-state index in [1.54, 1.807) is 35.4 Å². The molecule has 1 aliphatic heterocycles. The van der Waals surface area contributed by atoms with Gasteiger partial charge in [-0.1, -0.05) is 0 Å². The van der Waals surface area contributed by atoms with E-state index in [2.05, 4.69) is 15.6 Å². The fourth-order valence-corrected chi connectivity index (χ4v) is 3.16. The molecule has 28 heavy (non-hydrogen) atoms. The summed E-state index contributed by atoms with van der Waals surface area (Å²) in [6.45, 7) is 3.89. The summed E-state index contributed by atoms with van der Waals surface area (Å²) in [7, 11) is 0. The smallest absolute Gasteiger partial charge is 0.251 e. The molecule has 3 rings (SSSR count). The van der Waals surface area contributed by atoms with Crippen molar-refractivity contribution in [2.24, 2.45) is 0 Å². The topological polar surface area (TPSA) is 96.3 Å². The van der Waals surface area contributed by atoms with Crippen LogP contribution in [0.1, 0.15) is 35.4 Å². The Kier molecular flexibility index (Phi) is 6.41. The lowest BCUT2D eigenvalue weighted by Gasteiger charge is -2.15. The first kappa shape index (κ1) is 19.6. The summed E-state index contributed by atoms with van der Waals surface area (Å²) in [5, 5.41) is 5.40. The molecule has 2 N–H and O–H groups in total. The van der Waals surface area contributed by atoms with E-state index < -0.39 is 0 Å². The summed E-state index contributed by atoms with van der Waals surface area (Å²) in [5.41, 5.74) is 1.25. The molecule has 2 heterocycles. The van der Waals surface area contributed by atoms with Crippen LogP contribution in [0.15, 0.2) is 36.7 Å². The van der Waals surface area contributed by atoms with Crippen LogP contribution in [0.5, 0.6) is 0 Å². The van der Waals surface area contributed by atoms with E-state index in [1.807, 2.05) is 17.7 Å². The molecule has 148 valence electrons. The van der Waals surface area contributed by atoms with E-state index in [-0.39, 0.29) is 24.3 Å². The van der Waals surface area contributed by atoms with Gasteiger partial charge < -0.3 is 20.1 Å². The first-order valence-electron chi connectivity index (χ1n) is 9.47. The van der Waals surface area contributed by atoms with Gasteiger partial charge in [-0.3, -0.25) is 14.4 Å². The zero-order valence-corrected chi connectivity index (χ0v) is 16.0. The van der Waals surface area contributed by atoms with Gasteiger partial charge in [0.2, 0.25) is 11.8 Å². The summed E-state index contributed by atoms with van der Waals surface area (Å²) in [5.74, 6) is 0.509. The third-order valence-corrected chi connectivity index (χ3v) is 4.75. The van der Waals surface area contributed by atoms with Crippen LogP contribution in [0.25, 0.3) is 0 Å². The van der Waals surface area contributed by atoms with Crippen molar-refractivity contribution in [1.29, 1.82) is 0 Å². The third-order valence-electron chi connectivity index (χ3n) is 4.75. The Labute approximate surface area is 163 Å². The Morgan fingerprint density at radius 3 is 2.61 bits per heavy atom. The highest BCUT2D eigenvalue weighted by Gasteiger charge is 2.21. The van der Waals surface area contributed by atoms with Crippen molar-refractivity contribution in [2.45, 2.75) is 32.7 Å². The average Bonchev–Trinajstić information content (AvgIpc) is 3.31. The minimum Gasteiger partial charge on any atom is -0.355 e. The van der Waals surface area contributed by atoms with Crippen LogP contribution in [0.4, 0.5) is 5.69 Å². The predicted molar refractivity (Wildman–Crippen MR) is 105 cm³/mol. The van der Waals surface area contributed by atoms with Gasteiger partial charge in [0.1, 0.15) is 5.82 Å². The van der Waals surface area contributed by atoms with E-state index in [9.17, 15) is 14.4 Å². The number of carbonyl (C=O) groups excluding carboxylic acids is 3. The lowest BCUT2D eigenvalue weighted by molar-refractivity contribution is -0.120. The molecule has 0 bridgehead atoms. The maximum Gasteiger partial charge on any atom is 0.251 e. The van der Waals surface area contributed by atoms with Gasteiger partial charge >= 0.3 is 0 Å². The number of rotatable bonds is 8. The largest absolute Gasteiger partial charge is 0.355 e. The van der Waals surface area contributed by atoms with Crippen molar-refractivity contribution in [1.82, 2.24) is 20.2 Å². The first-order valence-corrected chi connectivity index (χ1v) is 9.47. The highest BCUT2D eigenvalue weighted by Crippen LogP contribution is 2.21. The highest BCUT2D eigenvalue weighted by atomic mass is 16.2. The Morgan fingerprint density at radius 2 is 1.96 bits per heavy atom. The standard InChI is InChI=1S/C20H25N5O3/c1-15-21-10-13-24(15)11-3-9-22-18(26)14-23-20(28)16-5-7-17(8-6-16)25-12-2-4-19(25)27/h5-8,10,13H,2-4,9,11-12,14H2,1H3,(H,22,26)(H,23,28). The van der Waals surface area contributed by atoms with Gasteiger partial charge in [-0.05, 0) is 44.0 Å². The summed E-state index contributed by atoms with van der Waals surface area (Å²) < 4.78 is 2.02. The van der Waals surface area contributed by atoms with Gasteiger partial charge in [-0.2, -0.15) is 0 Å². The number of nitrogens with one attached hydrogen (secondary N) is 2. The number of aryl methyl sites for hydroxylation is 2. The quantitative estimate of drug-likeness (QED) is 0.671. The summed E-state index contributed by atoms with van der Waals surface area (Å²) >= 11 is 0. The minimum absolute atomic E-state index is 0.0741. The number of imidazole rings is 1. The molecule has 0 saturated carbocycles. The summed E-state index contributed by atoms with van der Waals surface area (Å²) in [6, 6.07) is 6.86. The molecule has 1 aromatic heterocycles. The third kappa shape index (κ3) is 4.97. The van der Waals surface area contributed by atoms with Crippen LogP contribution < -0.4 is 15.5 Å². The molecule has 3 amide bonds. The van der Waals surface area contributed by atoms with Crippen LogP contribution in [-0.2, 0) is 16.1 Å². The number of aromatic nitrogens is 2. The van der Waals surface area contributed by atoms with Crippen molar-refractivity contribution < 1.29 is 14.4 Å². The lowest BCUT2D eigenvalue weighted by Crippen LogP contribution is -2.37. The maximum absolute atomic E-state index is 12.2. The minimum atomic E-state index is -0.316. The molecule has 0 atom stereocenters. The van der Waals surface area contributed by atoms with Crippen LogP contribution in [0.3, 0.4) is 0 Å². The molecule has 8 nitrogen and oxygen atoms in total. The molecule has 1 fully saturated rings. The number of carbonyl (C=O) groups is 3. The fourth-order valence-electron chi connectivity index (χ4n) is 3.16. The number of anilines is 1. The zero-order valence-electron chi connectivity index (χ0n) is 16.0. The molecule has 0 spiro atoms. The fraction of sp³-hybridized carbons (Fsp3) is 0.400. The summed E-state index contributed by atoms with van der Waals surface area (Å²) in [6.07, 6.45) is 5.87. The Hall–Kier alpha value is -3.16. The van der Waals surface area contributed by atoms with Gasteiger partial charge in [0.05, 0.1) is 6.54 Å². The van der Waals surface area contributed by atoms with Crippen molar-refractivity contribution in [3.8, 4) is 0 Å². The van der Waals surface area contributed by atoms with Crippen molar-refractivity contribution >= 4 is 23.4 Å². The second kappa shape index (κ2) is 9.16. The van der Waals surface area contributed by atoms with Gasteiger partial charge in [-0.25, -0.2) is 4.98 Å². The Balaban J connectivity index is 1.38. The SMILES string of the molecule is Cc1nccn1CCCNC(=O)CNC(=O)c1ccc(N2CCCC2=O)cc1. The molecule has 0 aliphatic carbocycles.